The molecule has 0 spiro atoms. The Morgan fingerprint density at radius 1 is 1.25 bits per heavy atom. The summed E-state index contributed by atoms with van der Waals surface area (Å²) in [6.07, 6.45) is 0.228. The molecule has 86 valence electrons. The van der Waals surface area contributed by atoms with Gasteiger partial charge in [-0.3, -0.25) is 0 Å². The molecule has 1 aromatic carbocycles. The summed E-state index contributed by atoms with van der Waals surface area (Å²) in [6, 6.07) is 10.3. The highest BCUT2D eigenvalue weighted by atomic mass is 32.2. The van der Waals surface area contributed by atoms with E-state index < -0.39 is 0 Å². The molecule has 0 amide bonds. The predicted octanol–water partition coefficient (Wildman–Crippen LogP) is 3.78. The third kappa shape index (κ3) is 2.40. The average molecular weight is 235 g/mol. The summed E-state index contributed by atoms with van der Waals surface area (Å²) >= 11 is 1.71. The first-order valence-corrected chi connectivity index (χ1v) is 6.46. The van der Waals surface area contributed by atoms with E-state index >= 15 is 0 Å². The van der Waals surface area contributed by atoms with Crippen LogP contribution >= 0.6 is 11.8 Å². The van der Waals surface area contributed by atoms with Crippen LogP contribution in [0.4, 0.5) is 0 Å². The van der Waals surface area contributed by atoms with E-state index in [0.29, 0.717) is 11.8 Å². The molecule has 0 N–H and O–H groups in total. The molecule has 2 atom stereocenters. The number of hydrogen-bond acceptors (Lipinski definition) is 3. The smallest absolute Gasteiger partial charge is 0.138 e. The Hall–Kier alpha value is -0.960. The van der Waals surface area contributed by atoms with Gasteiger partial charge in [-0.25, -0.2) is 0 Å². The average Bonchev–Trinajstić information content (AvgIpc) is 2.62. The Morgan fingerprint density at radius 3 is 2.50 bits per heavy atom. The highest BCUT2D eigenvalue weighted by Crippen LogP contribution is 2.32. The van der Waals surface area contributed by atoms with Gasteiger partial charge in [-0.15, -0.1) is 0 Å². The van der Waals surface area contributed by atoms with Crippen molar-refractivity contribution >= 4 is 16.8 Å². The lowest BCUT2D eigenvalue weighted by molar-refractivity contribution is 0.0320. The SMILES string of the molecule is CC(C)[C@@H]1ON=C(Sc2ccccc2)[C@@H]1C. The van der Waals surface area contributed by atoms with E-state index in [4.69, 9.17) is 4.84 Å². The lowest BCUT2D eigenvalue weighted by Crippen LogP contribution is -2.24. The Labute approximate surface area is 101 Å². The third-order valence-electron chi connectivity index (χ3n) is 2.77. The lowest BCUT2D eigenvalue weighted by atomic mass is 9.96. The summed E-state index contributed by atoms with van der Waals surface area (Å²) in [7, 11) is 0. The number of thioether (sulfide) groups is 1. The summed E-state index contributed by atoms with van der Waals surface area (Å²) in [5, 5.41) is 5.28. The Bertz CT molecular complexity index is 375. The van der Waals surface area contributed by atoms with Crippen molar-refractivity contribution in [3.05, 3.63) is 30.3 Å². The molecule has 0 saturated heterocycles. The fourth-order valence-electron chi connectivity index (χ4n) is 1.85. The standard InChI is InChI=1S/C13H17NOS/c1-9(2)12-10(3)13(14-15-12)16-11-7-5-4-6-8-11/h4-10,12H,1-3H3/t10-,12+/m1/s1. The summed E-state index contributed by atoms with van der Waals surface area (Å²) in [6.45, 7) is 6.53. The van der Waals surface area contributed by atoms with Gasteiger partial charge in [0.1, 0.15) is 11.1 Å². The second-order valence-electron chi connectivity index (χ2n) is 4.45. The van der Waals surface area contributed by atoms with Crippen LogP contribution in [0.2, 0.25) is 0 Å². The van der Waals surface area contributed by atoms with Crippen LogP contribution in [0.15, 0.2) is 40.4 Å². The lowest BCUT2D eigenvalue weighted by Gasteiger charge is -2.17. The summed E-state index contributed by atoms with van der Waals surface area (Å²) in [4.78, 5) is 6.70. The first-order valence-electron chi connectivity index (χ1n) is 5.65. The van der Waals surface area contributed by atoms with Crippen LogP contribution < -0.4 is 0 Å². The fraction of sp³-hybridized carbons (Fsp3) is 0.462. The molecule has 1 aliphatic rings. The van der Waals surface area contributed by atoms with Crippen LogP contribution in [0, 0.1) is 11.8 Å². The van der Waals surface area contributed by atoms with E-state index in [0.717, 1.165) is 5.04 Å². The quantitative estimate of drug-likeness (QED) is 0.778. The van der Waals surface area contributed by atoms with Gasteiger partial charge in [-0.05, 0) is 18.1 Å². The predicted molar refractivity (Wildman–Crippen MR) is 68.6 cm³/mol. The third-order valence-corrected chi connectivity index (χ3v) is 3.93. The molecule has 1 aliphatic heterocycles. The van der Waals surface area contributed by atoms with Gasteiger partial charge in [-0.1, -0.05) is 55.9 Å². The number of nitrogens with zero attached hydrogens (tertiary/aromatic N) is 1. The highest BCUT2D eigenvalue weighted by Gasteiger charge is 2.33. The molecule has 0 fully saturated rings. The zero-order chi connectivity index (χ0) is 11.5. The van der Waals surface area contributed by atoms with E-state index in [1.165, 1.54) is 4.90 Å². The number of oxime groups is 1. The summed E-state index contributed by atoms with van der Waals surface area (Å²) in [5.74, 6) is 0.901. The Morgan fingerprint density at radius 2 is 1.94 bits per heavy atom. The monoisotopic (exact) mass is 235 g/mol. The molecule has 0 radical (unpaired) electrons. The fourth-order valence-corrected chi connectivity index (χ4v) is 2.78. The highest BCUT2D eigenvalue weighted by molar-refractivity contribution is 8.14. The van der Waals surface area contributed by atoms with E-state index in [1.54, 1.807) is 11.8 Å². The van der Waals surface area contributed by atoms with Crippen molar-refractivity contribution in [3.63, 3.8) is 0 Å². The van der Waals surface area contributed by atoms with Crippen molar-refractivity contribution in [1.29, 1.82) is 0 Å². The molecule has 1 aromatic rings. The maximum absolute atomic E-state index is 5.48. The second-order valence-corrected chi connectivity index (χ2v) is 5.54. The van der Waals surface area contributed by atoms with Gasteiger partial charge in [0.05, 0.1) is 0 Å². The molecule has 0 unspecified atom stereocenters. The zero-order valence-corrected chi connectivity index (χ0v) is 10.7. The van der Waals surface area contributed by atoms with Crippen LogP contribution in [-0.2, 0) is 4.84 Å². The Balaban J connectivity index is 2.03. The molecule has 16 heavy (non-hydrogen) atoms. The van der Waals surface area contributed by atoms with E-state index in [1.807, 2.05) is 18.2 Å². The van der Waals surface area contributed by atoms with Crippen molar-refractivity contribution < 1.29 is 4.84 Å². The zero-order valence-electron chi connectivity index (χ0n) is 9.88. The molecule has 2 nitrogen and oxygen atoms in total. The van der Waals surface area contributed by atoms with Gasteiger partial charge in [-0.2, -0.15) is 0 Å². The van der Waals surface area contributed by atoms with Crippen molar-refractivity contribution in [2.75, 3.05) is 0 Å². The number of hydrogen-bond donors (Lipinski definition) is 0. The minimum atomic E-state index is 0.228. The molecule has 0 aromatic heterocycles. The molecule has 1 heterocycles. The van der Waals surface area contributed by atoms with Crippen molar-refractivity contribution in [1.82, 2.24) is 0 Å². The normalized spacial score (nSPS) is 24.4. The summed E-state index contributed by atoms with van der Waals surface area (Å²) in [5.41, 5.74) is 0. The van der Waals surface area contributed by atoms with Gasteiger partial charge in [0, 0.05) is 10.8 Å². The van der Waals surface area contributed by atoms with Crippen molar-refractivity contribution in [3.8, 4) is 0 Å². The molecule has 2 rings (SSSR count). The Kier molecular flexibility index (Phi) is 3.54. The second kappa shape index (κ2) is 4.91. The van der Waals surface area contributed by atoms with Crippen molar-refractivity contribution in [2.24, 2.45) is 17.0 Å². The van der Waals surface area contributed by atoms with Crippen LogP contribution in [0.5, 0.6) is 0 Å². The van der Waals surface area contributed by atoms with Crippen LogP contribution in [0.25, 0.3) is 0 Å². The summed E-state index contributed by atoms with van der Waals surface area (Å²) < 4.78 is 0. The van der Waals surface area contributed by atoms with Gasteiger partial charge in [0.15, 0.2) is 0 Å². The van der Waals surface area contributed by atoms with Crippen molar-refractivity contribution in [2.45, 2.75) is 31.8 Å². The van der Waals surface area contributed by atoms with Crippen LogP contribution in [-0.4, -0.2) is 11.1 Å². The minimum absolute atomic E-state index is 0.228. The first-order chi connectivity index (χ1) is 7.68. The van der Waals surface area contributed by atoms with Gasteiger partial charge in [0.2, 0.25) is 0 Å². The van der Waals surface area contributed by atoms with Gasteiger partial charge < -0.3 is 4.84 Å². The topological polar surface area (TPSA) is 21.6 Å². The molecule has 3 heteroatoms. The van der Waals surface area contributed by atoms with E-state index in [2.05, 4.69) is 38.1 Å². The van der Waals surface area contributed by atoms with E-state index in [-0.39, 0.29) is 6.10 Å². The largest absolute Gasteiger partial charge is 0.391 e. The number of benzene rings is 1. The first kappa shape index (κ1) is 11.5. The molecule has 0 saturated carbocycles. The molecular weight excluding hydrogens is 218 g/mol. The number of rotatable bonds is 2. The van der Waals surface area contributed by atoms with Gasteiger partial charge >= 0.3 is 0 Å². The maximum atomic E-state index is 5.48. The molecular formula is C13H17NOS. The van der Waals surface area contributed by atoms with E-state index in [9.17, 15) is 0 Å². The minimum Gasteiger partial charge on any atom is -0.391 e. The molecule has 0 aliphatic carbocycles. The van der Waals surface area contributed by atoms with Gasteiger partial charge in [0.25, 0.3) is 0 Å². The molecule has 0 bridgehead atoms. The maximum Gasteiger partial charge on any atom is 0.138 e. The van der Waals surface area contributed by atoms with Crippen LogP contribution in [0.1, 0.15) is 20.8 Å². The van der Waals surface area contributed by atoms with Crippen LogP contribution in [0.3, 0.4) is 0 Å².